The highest BCUT2D eigenvalue weighted by Crippen LogP contribution is 2.22. The third kappa shape index (κ3) is 7.60. The van der Waals surface area contributed by atoms with Crippen LogP contribution in [0, 0.1) is 0 Å². The number of morpholine rings is 1. The lowest BCUT2D eigenvalue weighted by Crippen LogP contribution is -2.47. The van der Waals surface area contributed by atoms with E-state index in [2.05, 4.69) is 21.3 Å². The molecule has 10 heteroatoms. The van der Waals surface area contributed by atoms with Gasteiger partial charge in [0.05, 0.1) is 30.6 Å². The maximum absolute atomic E-state index is 12.1. The van der Waals surface area contributed by atoms with Crippen LogP contribution in [-0.2, 0) is 27.3 Å². The van der Waals surface area contributed by atoms with Crippen molar-refractivity contribution in [3.05, 3.63) is 45.9 Å². The quantitative estimate of drug-likeness (QED) is 0.562. The van der Waals surface area contributed by atoms with Crippen molar-refractivity contribution >= 4 is 46.5 Å². The monoisotopic (exact) mass is 454 g/mol. The van der Waals surface area contributed by atoms with Gasteiger partial charge >= 0.3 is 0 Å². The van der Waals surface area contributed by atoms with Crippen LogP contribution in [0.5, 0.6) is 0 Å². The minimum atomic E-state index is -0.415. The number of thiazole rings is 1. The number of thioether (sulfide) groups is 1. The minimum Gasteiger partial charge on any atom is -0.374 e. The minimum absolute atomic E-state index is 0.0427. The molecule has 156 valence electrons. The number of nitrogens with zero attached hydrogens (tertiary/aromatic N) is 2. The highest BCUT2D eigenvalue weighted by molar-refractivity contribution is 8.01. The van der Waals surface area contributed by atoms with Crippen molar-refractivity contribution < 1.29 is 14.3 Å². The molecule has 3 N–H and O–H groups in total. The van der Waals surface area contributed by atoms with Gasteiger partial charge in [0.1, 0.15) is 0 Å². The van der Waals surface area contributed by atoms with Gasteiger partial charge in [-0.3, -0.25) is 14.5 Å². The van der Waals surface area contributed by atoms with Gasteiger partial charge in [-0.05, 0) is 17.7 Å². The molecule has 0 spiro atoms. The summed E-state index contributed by atoms with van der Waals surface area (Å²) < 4.78 is 6.53. The van der Waals surface area contributed by atoms with Crippen LogP contribution in [0.1, 0.15) is 11.3 Å². The van der Waals surface area contributed by atoms with Gasteiger partial charge in [-0.1, -0.05) is 35.5 Å². The molecule has 29 heavy (non-hydrogen) atoms. The molecular weight excluding hydrogens is 432 g/mol. The van der Waals surface area contributed by atoms with Gasteiger partial charge in [0.15, 0.2) is 4.34 Å². The largest absolute Gasteiger partial charge is 0.374 e. The van der Waals surface area contributed by atoms with Gasteiger partial charge in [0, 0.05) is 36.6 Å². The van der Waals surface area contributed by atoms with Crippen molar-refractivity contribution in [2.24, 2.45) is 5.73 Å². The summed E-state index contributed by atoms with van der Waals surface area (Å²) in [6, 6.07) is 7.85. The number of aromatic nitrogens is 1. The van der Waals surface area contributed by atoms with Crippen molar-refractivity contribution in [3.63, 3.8) is 0 Å². The Morgan fingerprint density at radius 3 is 3.10 bits per heavy atom. The Kier molecular flexibility index (Phi) is 8.31. The molecule has 3 rings (SSSR count). The molecule has 1 unspecified atom stereocenters. The maximum Gasteiger partial charge on any atom is 0.230 e. The smallest absolute Gasteiger partial charge is 0.230 e. The molecule has 1 aliphatic heterocycles. The number of rotatable bonds is 9. The zero-order chi connectivity index (χ0) is 20.6. The molecule has 1 aromatic carbocycles. The second-order valence-electron chi connectivity index (χ2n) is 6.70. The average molecular weight is 455 g/mol. The molecule has 0 bridgehead atoms. The Bertz CT molecular complexity index is 848. The number of carbonyl (C=O) groups excluding carboxylic acids is 2. The molecule has 1 aliphatic rings. The number of hydrogen-bond donors (Lipinski definition) is 2. The topological polar surface area (TPSA) is 97.5 Å². The Morgan fingerprint density at radius 2 is 2.31 bits per heavy atom. The second-order valence-corrected chi connectivity index (χ2v) is 9.22. The Labute approximate surface area is 183 Å². The van der Waals surface area contributed by atoms with E-state index >= 15 is 0 Å². The Morgan fingerprint density at radius 1 is 1.45 bits per heavy atom. The summed E-state index contributed by atoms with van der Waals surface area (Å²) in [6.07, 6.45) is 0.0763. The van der Waals surface area contributed by atoms with E-state index in [4.69, 9.17) is 22.1 Å². The number of primary amides is 1. The number of hydrogen-bond acceptors (Lipinski definition) is 7. The van der Waals surface area contributed by atoms with Gasteiger partial charge in [-0.25, -0.2) is 4.98 Å². The van der Waals surface area contributed by atoms with Gasteiger partial charge in [-0.15, -0.1) is 11.3 Å². The maximum atomic E-state index is 12.1. The predicted octanol–water partition coefficient (Wildman–Crippen LogP) is 1.93. The number of nitrogens with two attached hydrogens (primary N) is 1. The molecule has 1 atom stereocenters. The van der Waals surface area contributed by atoms with E-state index in [1.165, 1.54) is 23.1 Å². The van der Waals surface area contributed by atoms with Crippen LogP contribution in [0.25, 0.3) is 0 Å². The standard InChI is InChI=1S/C19H23ClN4O3S2/c20-14-3-1-2-13(6-14)9-24-4-5-27-16(10-24)8-22-18(26)12-29-19-23-15(11-28-19)7-17(21)25/h1-3,6,11,16H,4-5,7-10,12H2,(H2,21,25)(H,22,26). The third-order valence-electron chi connectivity index (χ3n) is 4.26. The van der Waals surface area contributed by atoms with E-state index in [0.717, 1.165) is 34.6 Å². The van der Waals surface area contributed by atoms with Gasteiger partial charge in [-0.2, -0.15) is 0 Å². The third-order valence-corrected chi connectivity index (χ3v) is 6.56. The Hall–Kier alpha value is -1.65. The molecular formula is C19H23ClN4O3S2. The van der Waals surface area contributed by atoms with Crippen LogP contribution >= 0.6 is 34.7 Å². The number of nitrogens with one attached hydrogen (secondary N) is 1. The summed E-state index contributed by atoms with van der Waals surface area (Å²) in [5, 5.41) is 5.45. The summed E-state index contributed by atoms with van der Waals surface area (Å²) in [6.45, 7) is 3.52. The van der Waals surface area contributed by atoms with E-state index in [1.807, 2.05) is 18.2 Å². The fourth-order valence-corrected chi connectivity index (χ4v) is 4.85. The summed E-state index contributed by atoms with van der Waals surface area (Å²) >= 11 is 8.81. The highest BCUT2D eigenvalue weighted by atomic mass is 35.5. The first-order valence-electron chi connectivity index (χ1n) is 9.18. The first-order valence-corrected chi connectivity index (χ1v) is 11.4. The van der Waals surface area contributed by atoms with Crippen LogP contribution in [-0.4, -0.2) is 59.8 Å². The summed E-state index contributed by atoms with van der Waals surface area (Å²) in [5.74, 6) is -0.221. The molecule has 0 saturated carbocycles. The SMILES string of the molecule is NC(=O)Cc1csc(SCC(=O)NCC2CN(Cc3cccc(Cl)c3)CCO2)n1. The zero-order valence-corrected chi connectivity index (χ0v) is 18.2. The molecule has 2 heterocycles. The molecule has 1 aromatic heterocycles. The molecule has 1 fully saturated rings. The van der Waals surface area contributed by atoms with Crippen molar-refractivity contribution in [3.8, 4) is 0 Å². The van der Waals surface area contributed by atoms with Crippen LogP contribution in [0.4, 0.5) is 0 Å². The van der Waals surface area contributed by atoms with E-state index < -0.39 is 5.91 Å². The van der Waals surface area contributed by atoms with Crippen molar-refractivity contribution in [2.45, 2.75) is 23.4 Å². The average Bonchev–Trinajstić information content (AvgIpc) is 3.12. The highest BCUT2D eigenvalue weighted by Gasteiger charge is 2.21. The number of ether oxygens (including phenoxy) is 1. The van der Waals surface area contributed by atoms with E-state index in [9.17, 15) is 9.59 Å². The lowest BCUT2D eigenvalue weighted by molar-refractivity contribution is -0.120. The molecule has 7 nitrogen and oxygen atoms in total. The van der Waals surface area contributed by atoms with Crippen molar-refractivity contribution in [1.29, 1.82) is 0 Å². The van der Waals surface area contributed by atoms with Crippen LogP contribution in [0.15, 0.2) is 34.0 Å². The van der Waals surface area contributed by atoms with Gasteiger partial charge in [0.2, 0.25) is 11.8 Å². The van der Waals surface area contributed by atoms with Crippen LogP contribution in [0.3, 0.4) is 0 Å². The number of carbonyl (C=O) groups is 2. The second kappa shape index (κ2) is 10.9. The number of amides is 2. The van der Waals surface area contributed by atoms with E-state index in [0.29, 0.717) is 18.8 Å². The first-order chi connectivity index (χ1) is 14.0. The lowest BCUT2D eigenvalue weighted by Gasteiger charge is -2.33. The lowest BCUT2D eigenvalue weighted by atomic mass is 10.2. The first kappa shape index (κ1) is 22.0. The number of halogens is 1. The molecule has 1 saturated heterocycles. The van der Waals surface area contributed by atoms with Crippen LogP contribution < -0.4 is 11.1 Å². The van der Waals surface area contributed by atoms with Crippen molar-refractivity contribution in [2.75, 3.05) is 32.0 Å². The number of benzene rings is 1. The summed E-state index contributed by atoms with van der Waals surface area (Å²) in [5.41, 5.74) is 6.96. The van der Waals surface area contributed by atoms with E-state index in [1.54, 1.807) is 5.38 Å². The fraction of sp³-hybridized carbons (Fsp3) is 0.421. The fourth-order valence-electron chi connectivity index (χ4n) is 2.96. The summed E-state index contributed by atoms with van der Waals surface area (Å²) in [7, 11) is 0. The predicted molar refractivity (Wildman–Crippen MR) is 115 cm³/mol. The molecule has 2 amide bonds. The van der Waals surface area contributed by atoms with Gasteiger partial charge in [0.25, 0.3) is 0 Å². The van der Waals surface area contributed by atoms with Crippen molar-refractivity contribution in [1.82, 2.24) is 15.2 Å². The summed E-state index contributed by atoms with van der Waals surface area (Å²) in [4.78, 5) is 29.6. The Balaban J connectivity index is 1.38. The van der Waals surface area contributed by atoms with E-state index in [-0.39, 0.29) is 24.2 Å². The van der Waals surface area contributed by atoms with Crippen LogP contribution in [0.2, 0.25) is 5.02 Å². The normalized spacial score (nSPS) is 17.2. The molecule has 2 aromatic rings. The molecule has 0 aliphatic carbocycles. The molecule has 0 radical (unpaired) electrons. The zero-order valence-electron chi connectivity index (χ0n) is 15.8. The van der Waals surface area contributed by atoms with Gasteiger partial charge < -0.3 is 15.8 Å².